The molecule has 0 saturated heterocycles. The van der Waals surface area contributed by atoms with Gasteiger partial charge in [0.05, 0.1) is 0 Å². The van der Waals surface area contributed by atoms with Crippen molar-refractivity contribution in [1.29, 1.82) is 0 Å². The highest BCUT2D eigenvalue weighted by Crippen LogP contribution is 2.44. The molecule has 0 atom stereocenters. The molecule has 0 N–H and O–H groups in total. The number of alkyl halides is 2. The van der Waals surface area contributed by atoms with Crippen LogP contribution in [0, 0.1) is 0 Å². The average molecular weight is 275 g/mol. The van der Waals surface area contributed by atoms with Gasteiger partial charge in [0.2, 0.25) is 0 Å². The van der Waals surface area contributed by atoms with E-state index in [-0.39, 0.29) is 11.5 Å². The number of allylic oxidation sites excluding steroid dienone is 1. The van der Waals surface area contributed by atoms with E-state index in [9.17, 15) is 8.78 Å². The molecular formula is C10H5BrF2O2. The number of rotatable bonds is 0. The first-order valence-electron chi connectivity index (χ1n) is 4.32. The van der Waals surface area contributed by atoms with Crippen molar-refractivity contribution in [2.45, 2.75) is 12.7 Å². The van der Waals surface area contributed by atoms with Crippen LogP contribution in [0.25, 0.3) is 6.08 Å². The van der Waals surface area contributed by atoms with E-state index < -0.39 is 6.29 Å². The van der Waals surface area contributed by atoms with Gasteiger partial charge >= 0.3 is 6.29 Å². The maximum absolute atomic E-state index is 12.7. The Labute approximate surface area is 92.6 Å². The highest BCUT2D eigenvalue weighted by atomic mass is 79.9. The second kappa shape index (κ2) is 2.72. The Morgan fingerprint density at radius 1 is 1.20 bits per heavy atom. The molecule has 0 radical (unpaired) electrons. The highest BCUT2D eigenvalue weighted by molar-refractivity contribution is 9.11. The molecule has 1 aromatic rings. The van der Waals surface area contributed by atoms with Gasteiger partial charge in [0, 0.05) is 10.9 Å². The number of ether oxygens (including phenoxy) is 2. The summed E-state index contributed by atoms with van der Waals surface area (Å²) in [6, 6.07) is 3.16. The first-order valence-corrected chi connectivity index (χ1v) is 5.12. The Morgan fingerprint density at radius 2 is 1.87 bits per heavy atom. The van der Waals surface area contributed by atoms with E-state index in [2.05, 4.69) is 25.4 Å². The van der Waals surface area contributed by atoms with Crippen LogP contribution >= 0.6 is 15.9 Å². The van der Waals surface area contributed by atoms with Crippen molar-refractivity contribution in [3.63, 3.8) is 0 Å². The van der Waals surface area contributed by atoms with Gasteiger partial charge in [-0.1, -0.05) is 15.9 Å². The first-order chi connectivity index (χ1) is 7.03. The van der Waals surface area contributed by atoms with E-state index in [0.717, 1.165) is 15.6 Å². The summed E-state index contributed by atoms with van der Waals surface area (Å²) >= 11 is 3.36. The Kier molecular flexibility index (Phi) is 1.66. The van der Waals surface area contributed by atoms with Crippen molar-refractivity contribution in [2.75, 3.05) is 0 Å². The lowest BCUT2D eigenvalue weighted by atomic mass is 10.1. The third-order valence-corrected chi connectivity index (χ3v) is 2.84. The van der Waals surface area contributed by atoms with Crippen LogP contribution in [0.4, 0.5) is 8.78 Å². The molecule has 0 unspecified atom stereocenters. The molecule has 1 aliphatic heterocycles. The van der Waals surface area contributed by atoms with Gasteiger partial charge in [-0.2, -0.15) is 0 Å². The molecule has 0 saturated carbocycles. The van der Waals surface area contributed by atoms with Gasteiger partial charge in [-0.05, 0) is 29.3 Å². The normalized spacial score (nSPS) is 20.1. The number of halogens is 3. The number of hydrogen-bond acceptors (Lipinski definition) is 2. The second-order valence-corrected chi connectivity index (χ2v) is 4.45. The minimum Gasteiger partial charge on any atom is -0.395 e. The third-order valence-electron chi connectivity index (χ3n) is 2.33. The molecule has 2 nitrogen and oxygen atoms in total. The van der Waals surface area contributed by atoms with Crippen molar-refractivity contribution in [3.8, 4) is 11.5 Å². The molecule has 5 heteroatoms. The fraction of sp³-hybridized carbons (Fsp3) is 0.200. The monoisotopic (exact) mass is 274 g/mol. The Hall–Kier alpha value is -1.10. The van der Waals surface area contributed by atoms with Crippen LogP contribution in [-0.4, -0.2) is 6.29 Å². The van der Waals surface area contributed by atoms with Crippen molar-refractivity contribution >= 4 is 22.0 Å². The summed E-state index contributed by atoms with van der Waals surface area (Å²) in [6.07, 6.45) is -0.939. The standard InChI is InChI=1S/C10H5BrF2O2/c11-7-1-5-3-8-9(4-6(5)2-7)15-10(12,13)14-8/h1,3-4H,2H2. The van der Waals surface area contributed by atoms with E-state index >= 15 is 0 Å². The zero-order valence-electron chi connectivity index (χ0n) is 7.39. The zero-order valence-corrected chi connectivity index (χ0v) is 8.98. The van der Waals surface area contributed by atoms with Gasteiger partial charge in [0.25, 0.3) is 0 Å². The molecule has 2 aliphatic rings. The molecular weight excluding hydrogens is 270 g/mol. The van der Waals surface area contributed by atoms with Gasteiger partial charge in [-0.25, -0.2) is 0 Å². The minimum atomic E-state index is -3.53. The largest absolute Gasteiger partial charge is 0.586 e. The maximum Gasteiger partial charge on any atom is 0.586 e. The van der Waals surface area contributed by atoms with E-state index in [4.69, 9.17) is 0 Å². The smallest absolute Gasteiger partial charge is 0.395 e. The Balaban J connectivity index is 2.08. The van der Waals surface area contributed by atoms with E-state index in [1.54, 1.807) is 12.1 Å². The molecule has 15 heavy (non-hydrogen) atoms. The van der Waals surface area contributed by atoms with Crippen molar-refractivity contribution in [3.05, 3.63) is 27.7 Å². The highest BCUT2D eigenvalue weighted by Gasteiger charge is 2.43. The maximum atomic E-state index is 12.7. The summed E-state index contributed by atoms with van der Waals surface area (Å²) in [5.74, 6) is 0.201. The summed E-state index contributed by atoms with van der Waals surface area (Å²) < 4.78 is 35.2. The van der Waals surface area contributed by atoms with Crippen LogP contribution < -0.4 is 9.47 Å². The number of benzene rings is 1. The second-order valence-electron chi connectivity index (χ2n) is 3.43. The molecule has 0 aromatic heterocycles. The molecule has 1 aromatic carbocycles. The molecule has 1 aliphatic carbocycles. The minimum absolute atomic E-state index is 0.0946. The summed E-state index contributed by atoms with van der Waals surface area (Å²) in [5.41, 5.74) is 1.85. The lowest BCUT2D eigenvalue weighted by Crippen LogP contribution is -2.25. The van der Waals surface area contributed by atoms with Crippen LogP contribution in [0.15, 0.2) is 16.6 Å². The molecule has 78 valence electrons. The quantitative estimate of drug-likeness (QED) is 0.723. The molecule has 0 spiro atoms. The van der Waals surface area contributed by atoms with Crippen LogP contribution in [0.1, 0.15) is 11.1 Å². The van der Waals surface area contributed by atoms with Crippen molar-refractivity contribution in [1.82, 2.24) is 0 Å². The van der Waals surface area contributed by atoms with Crippen LogP contribution in [0.3, 0.4) is 0 Å². The van der Waals surface area contributed by atoms with Gasteiger partial charge in [-0.3, -0.25) is 0 Å². The van der Waals surface area contributed by atoms with Gasteiger partial charge in [-0.15, -0.1) is 8.78 Å². The molecule has 0 fully saturated rings. The Bertz CT molecular complexity index is 483. The summed E-state index contributed by atoms with van der Waals surface area (Å²) in [4.78, 5) is 0. The average Bonchev–Trinajstić information content (AvgIpc) is 2.55. The van der Waals surface area contributed by atoms with E-state index in [1.807, 2.05) is 6.08 Å². The first kappa shape index (κ1) is 9.15. The summed E-state index contributed by atoms with van der Waals surface area (Å²) in [6.45, 7) is 0. The Morgan fingerprint density at radius 3 is 2.60 bits per heavy atom. The molecule has 1 heterocycles. The fourth-order valence-corrected chi connectivity index (χ4v) is 2.29. The topological polar surface area (TPSA) is 18.5 Å². The summed E-state index contributed by atoms with van der Waals surface area (Å²) in [7, 11) is 0. The fourth-order valence-electron chi connectivity index (χ4n) is 1.74. The molecule has 0 bridgehead atoms. The van der Waals surface area contributed by atoms with Crippen LogP contribution in [0.5, 0.6) is 11.5 Å². The van der Waals surface area contributed by atoms with E-state index in [0.29, 0.717) is 6.42 Å². The SMILES string of the molecule is FC1(F)Oc2cc3c(cc2O1)CC(Br)=C3. The van der Waals surface area contributed by atoms with Crippen molar-refractivity contribution in [2.24, 2.45) is 0 Å². The van der Waals surface area contributed by atoms with Gasteiger partial charge in [0.1, 0.15) is 0 Å². The predicted molar refractivity (Wildman–Crippen MR) is 53.3 cm³/mol. The molecule has 3 rings (SSSR count). The van der Waals surface area contributed by atoms with Crippen molar-refractivity contribution < 1.29 is 18.3 Å². The zero-order chi connectivity index (χ0) is 10.6. The van der Waals surface area contributed by atoms with Crippen LogP contribution in [-0.2, 0) is 6.42 Å². The van der Waals surface area contributed by atoms with Gasteiger partial charge in [0.15, 0.2) is 11.5 Å². The molecule has 0 amide bonds. The van der Waals surface area contributed by atoms with E-state index in [1.165, 1.54) is 0 Å². The van der Waals surface area contributed by atoms with Crippen LogP contribution in [0.2, 0.25) is 0 Å². The number of fused-ring (bicyclic) bond motifs is 2. The third kappa shape index (κ3) is 1.42. The van der Waals surface area contributed by atoms with Gasteiger partial charge < -0.3 is 9.47 Å². The lowest BCUT2D eigenvalue weighted by Gasteiger charge is -2.04. The summed E-state index contributed by atoms with van der Waals surface area (Å²) in [5, 5.41) is 0. The predicted octanol–water partition coefficient (Wildman–Crippen LogP) is 3.30. The lowest BCUT2D eigenvalue weighted by molar-refractivity contribution is -0.286. The number of hydrogen-bond donors (Lipinski definition) is 0.